The molecule has 0 radical (unpaired) electrons. The van der Waals surface area contributed by atoms with Gasteiger partial charge in [-0.3, -0.25) is 4.57 Å². The molecule has 0 unspecified atom stereocenters. The summed E-state index contributed by atoms with van der Waals surface area (Å²) in [5, 5.41) is 8.50. The van der Waals surface area contributed by atoms with Crippen LogP contribution in [0.1, 0.15) is 40.3 Å². The largest absolute Gasteiger partial charge is 0.369 e. The van der Waals surface area contributed by atoms with Crippen LogP contribution in [-0.4, -0.2) is 14.8 Å². The summed E-state index contributed by atoms with van der Waals surface area (Å²) in [6.45, 7) is 3.08. The van der Waals surface area contributed by atoms with Crippen molar-refractivity contribution in [2.45, 2.75) is 33.0 Å². The minimum Gasteiger partial charge on any atom is -0.369 e. The van der Waals surface area contributed by atoms with Crippen LogP contribution in [0.5, 0.6) is 0 Å². The third-order valence-corrected chi connectivity index (χ3v) is 5.12. The Hall–Kier alpha value is -2.72. The zero-order chi connectivity index (χ0) is 16.8. The second-order valence-electron chi connectivity index (χ2n) is 6.61. The maximum Gasteiger partial charge on any atom is 0.163 e. The molecule has 1 aliphatic carbocycles. The molecule has 124 valence electrons. The Bertz CT molecular complexity index is 1000. The van der Waals surface area contributed by atoms with Crippen LogP contribution in [0.15, 0.2) is 48.5 Å². The number of allylic oxidation sites excluding steroid dienone is 1. The van der Waals surface area contributed by atoms with Crippen molar-refractivity contribution in [3.8, 4) is 5.69 Å². The van der Waals surface area contributed by atoms with Crippen molar-refractivity contribution < 1.29 is 4.74 Å². The molecule has 2 heterocycles. The van der Waals surface area contributed by atoms with Gasteiger partial charge in [-0.25, -0.2) is 0 Å². The summed E-state index contributed by atoms with van der Waals surface area (Å²) >= 11 is 0. The zero-order valence-electron chi connectivity index (χ0n) is 14.2. The van der Waals surface area contributed by atoms with Crippen LogP contribution in [0.3, 0.4) is 0 Å². The van der Waals surface area contributed by atoms with Crippen molar-refractivity contribution in [1.29, 1.82) is 0 Å². The van der Waals surface area contributed by atoms with Gasteiger partial charge in [-0.05, 0) is 48.1 Å². The minimum absolute atomic E-state index is 0.491. The highest BCUT2D eigenvalue weighted by Crippen LogP contribution is 2.36. The minimum atomic E-state index is 0.491. The van der Waals surface area contributed by atoms with Gasteiger partial charge in [0.15, 0.2) is 5.82 Å². The number of hydrogen-bond acceptors (Lipinski definition) is 3. The number of hydrogen-bond donors (Lipinski definition) is 0. The molecule has 1 aromatic heterocycles. The Kier molecular flexibility index (Phi) is 3.31. The molecule has 0 saturated heterocycles. The molecule has 25 heavy (non-hydrogen) atoms. The lowest BCUT2D eigenvalue weighted by Crippen LogP contribution is -2.07. The molecule has 0 N–H and O–H groups in total. The van der Waals surface area contributed by atoms with Gasteiger partial charge in [0, 0.05) is 5.56 Å². The first-order valence-corrected chi connectivity index (χ1v) is 8.72. The number of fused-ring (bicyclic) bond motifs is 4. The average Bonchev–Trinajstić information content (AvgIpc) is 2.91. The number of benzene rings is 2. The monoisotopic (exact) mass is 329 g/mol. The summed E-state index contributed by atoms with van der Waals surface area (Å²) in [6.07, 6.45) is 4.55. The van der Waals surface area contributed by atoms with Crippen molar-refractivity contribution in [2.24, 2.45) is 0 Å². The maximum atomic E-state index is 5.93. The molecule has 2 aromatic carbocycles. The first-order valence-electron chi connectivity index (χ1n) is 8.72. The van der Waals surface area contributed by atoms with Crippen molar-refractivity contribution >= 4 is 5.57 Å². The number of aryl methyl sites for hydroxylation is 2. The van der Waals surface area contributed by atoms with Gasteiger partial charge < -0.3 is 4.74 Å². The van der Waals surface area contributed by atoms with E-state index in [-0.39, 0.29) is 0 Å². The van der Waals surface area contributed by atoms with Crippen LogP contribution in [-0.2, 0) is 24.4 Å². The van der Waals surface area contributed by atoms with E-state index in [0.717, 1.165) is 30.2 Å². The lowest BCUT2D eigenvalue weighted by molar-refractivity contribution is 0.105. The smallest absolute Gasteiger partial charge is 0.163 e. The van der Waals surface area contributed by atoms with Crippen LogP contribution in [0, 0.1) is 6.92 Å². The molecule has 0 fully saturated rings. The molecular weight excluding hydrogens is 310 g/mol. The highest BCUT2D eigenvalue weighted by atomic mass is 16.5. The van der Waals surface area contributed by atoms with Gasteiger partial charge in [0.05, 0.1) is 12.3 Å². The summed E-state index contributed by atoms with van der Waals surface area (Å²) < 4.78 is 8.06. The molecule has 0 saturated carbocycles. The summed E-state index contributed by atoms with van der Waals surface area (Å²) in [5.74, 6) is 1.77. The van der Waals surface area contributed by atoms with Crippen LogP contribution in [0.2, 0.25) is 0 Å². The van der Waals surface area contributed by atoms with Gasteiger partial charge in [-0.15, -0.1) is 10.2 Å². The quantitative estimate of drug-likeness (QED) is 0.678. The van der Waals surface area contributed by atoms with E-state index in [9.17, 15) is 0 Å². The molecule has 5 rings (SSSR count). The average molecular weight is 329 g/mol. The summed E-state index contributed by atoms with van der Waals surface area (Å²) in [7, 11) is 0. The van der Waals surface area contributed by atoms with Crippen LogP contribution in [0.25, 0.3) is 11.3 Å². The molecule has 4 heteroatoms. The zero-order valence-corrected chi connectivity index (χ0v) is 14.2. The van der Waals surface area contributed by atoms with Crippen LogP contribution >= 0.6 is 0 Å². The van der Waals surface area contributed by atoms with Crippen LogP contribution in [0.4, 0.5) is 0 Å². The molecule has 3 aromatic rings. The number of rotatable bonds is 1. The third kappa shape index (κ3) is 2.25. The fraction of sp³-hybridized carbons (Fsp3) is 0.238. The fourth-order valence-corrected chi connectivity index (χ4v) is 3.98. The fourth-order valence-electron chi connectivity index (χ4n) is 3.98. The Balaban J connectivity index is 1.74. The predicted molar refractivity (Wildman–Crippen MR) is 96.4 cm³/mol. The normalized spacial score (nSPS) is 15.6. The molecule has 4 nitrogen and oxygen atoms in total. The van der Waals surface area contributed by atoms with Gasteiger partial charge in [0.25, 0.3) is 0 Å². The van der Waals surface area contributed by atoms with Gasteiger partial charge in [0.1, 0.15) is 12.4 Å². The Morgan fingerprint density at radius 3 is 2.80 bits per heavy atom. The second-order valence-corrected chi connectivity index (χ2v) is 6.61. The molecular formula is C21H19N3O. The number of nitrogens with zero attached hydrogens (tertiary/aromatic N) is 3. The van der Waals surface area contributed by atoms with Gasteiger partial charge >= 0.3 is 0 Å². The van der Waals surface area contributed by atoms with Gasteiger partial charge in [0.2, 0.25) is 0 Å². The molecule has 0 bridgehead atoms. The lowest BCUT2D eigenvalue weighted by Gasteiger charge is -2.21. The SMILES string of the molecule is Cc1nnc2n1-c1cccc(C3=CCCc4ccccc43)c1COC2. The van der Waals surface area contributed by atoms with E-state index >= 15 is 0 Å². The molecule has 1 aliphatic heterocycles. The second kappa shape index (κ2) is 5.67. The maximum absolute atomic E-state index is 5.93. The predicted octanol–water partition coefficient (Wildman–Crippen LogP) is 3.98. The van der Waals surface area contributed by atoms with Gasteiger partial charge in [-0.1, -0.05) is 42.5 Å². The van der Waals surface area contributed by atoms with E-state index < -0.39 is 0 Å². The van der Waals surface area contributed by atoms with E-state index in [1.54, 1.807) is 0 Å². The highest BCUT2D eigenvalue weighted by Gasteiger charge is 2.23. The summed E-state index contributed by atoms with van der Waals surface area (Å²) in [6, 6.07) is 15.2. The first-order chi connectivity index (χ1) is 12.3. The lowest BCUT2D eigenvalue weighted by atomic mass is 9.85. The van der Waals surface area contributed by atoms with Crippen molar-refractivity contribution in [3.63, 3.8) is 0 Å². The topological polar surface area (TPSA) is 39.9 Å². The first kappa shape index (κ1) is 14.6. The van der Waals surface area contributed by atoms with E-state index in [4.69, 9.17) is 4.74 Å². The van der Waals surface area contributed by atoms with Crippen LogP contribution < -0.4 is 0 Å². The summed E-state index contributed by atoms with van der Waals surface area (Å²) in [5.41, 5.74) is 7.69. The van der Waals surface area contributed by atoms with Crippen molar-refractivity contribution in [2.75, 3.05) is 0 Å². The Labute approximate surface area is 146 Å². The summed E-state index contributed by atoms with van der Waals surface area (Å²) in [4.78, 5) is 0. The Morgan fingerprint density at radius 1 is 0.960 bits per heavy atom. The molecule has 0 spiro atoms. The van der Waals surface area contributed by atoms with Crippen molar-refractivity contribution in [1.82, 2.24) is 14.8 Å². The molecule has 0 atom stereocenters. The van der Waals surface area contributed by atoms with E-state index in [1.165, 1.54) is 27.8 Å². The Morgan fingerprint density at radius 2 is 1.84 bits per heavy atom. The third-order valence-electron chi connectivity index (χ3n) is 5.12. The number of ether oxygens (including phenoxy) is 1. The molecule has 2 aliphatic rings. The standard InChI is InChI=1S/C21H19N3O/c1-14-22-23-21-13-25-12-19-18(10-5-11-20(19)24(14)21)17-9-4-7-15-6-2-3-8-16(15)17/h2-3,5-6,8-11H,4,7,12-13H2,1H3. The molecule has 0 amide bonds. The van der Waals surface area contributed by atoms with E-state index in [1.807, 2.05) is 6.92 Å². The van der Waals surface area contributed by atoms with E-state index in [2.05, 4.69) is 63.3 Å². The van der Waals surface area contributed by atoms with E-state index in [0.29, 0.717) is 13.2 Å². The van der Waals surface area contributed by atoms with Crippen molar-refractivity contribution in [3.05, 3.63) is 82.4 Å². The van der Waals surface area contributed by atoms with Gasteiger partial charge in [-0.2, -0.15) is 0 Å². The highest BCUT2D eigenvalue weighted by molar-refractivity contribution is 5.85. The number of aromatic nitrogens is 3.